The molecule has 0 spiro atoms. The normalized spacial score (nSPS) is 11.2. The third-order valence-corrected chi connectivity index (χ3v) is 4.92. The molecular weight excluding hydrogens is 331 g/mol. The van der Waals surface area contributed by atoms with Crippen molar-refractivity contribution in [3.63, 3.8) is 0 Å². The lowest BCUT2D eigenvalue weighted by molar-refractivity contribution is -0.118. The van der Waals surface area contributed by atoms with E-state index in [2.05, 4.69) is 4.72 Å². The third-order valence-electron chi connectivity index (χ3n) is 3.44. The van der Waals surface area contributed by atoms with E-state index in [1.165, 1.54) is 12.1 Å². The van der Waals surface area contributed by atoms with Crippen LogP contribution in [0.25, 0.3) is 0 Å². The van der Waals surface area contributed by atoms with Crippen molar-refractivity contribution < 1.29 is 17.6 Å². The smallest absolute Gasteiger partial charge is 0.240 e. The summed E-state index contributed by atoms with van der Waals surface area (Å²) in [5.41, 5.74) is 0.770. The van der Waals surface area contributed by atoms with Crippen molar-refractivity contribution in [2.45, 2.75) is 18.2 Å². The second-order valence-electron chi connectivity index (χ2n) is 5.08. The minimum absolute atomic E-state index is 0.0259. The summed E-state index contributed by atoms with van der Waals surface area (Å²) >= 11 is 0. The molecule has 0 aromatic heterocycles. The van der Waals surface area contributed by atoms with E-state index in [1.54, 1.807) is 4.90 Å². The fraction of sp³-hybridized carbons (Fsp3) is 0.235. The quantitative estimate of drug-likeness (QED) is 0.834. The van der Waals surface area contributed by atoms with Crippen LogP contribution in [-0.4, -0.2) is 27.4 Å². The molecule has 0 aliphatic carbocycles. The number of para-hydroxylation sites is 1. The van der Waals surface area contributed by atoms with Gasteiger partial charge < -0.3 is 4.90 Å². The van der Waals surface area contributed by atoms with Crippen molar-refractivity contribution in [2.24, 2.45) is 0 Å². The molecule has 2 rings (SSSR count). The predicted molar refractivity (Wildman–Crippen MR) is 90.7 cm³/mol. The number of carbonyl (C=O) groups excluding carboxylic acids is 1. The number of halogens is 1. The van der Waals surface area contributed by atoms with Crippen LogP contribution in [0.4, 0.5) is 10.1 Å². The summed E-state index contributed by atoms with van der Waals surface area (Å²) in [4.78, 5) is 13.8. The zero-order valence-electron chi connectivity index (χ0n) is 13.3. The highest BCUT2D eigenvalue weighted by Gasteiger charge is 2.17. The van der Waals surface area contributed by atoms with Crippen LogP contribution in [-0.2, 0) is 14.8 Å². The topological polar surface area (TPSA) is 66.5 Å². The van der Waals surface area contributed by atoms with Crippen molar-refractivity contribution in [3.8, 4) is 0 Å². The molecule has 1 N–H and O–H groups in total. The maximum absolute atomic E-state index is 12.9. The van der Waals surface area contributed by atoms with Crippen LogP contribution in [0.5, 0.6) is 0 Å². The molecule has 0 aliphatic rings. The molecule has 0 heterocycles. The molecule has 2 aromatic rings. The molecule has 128 valence electrons. The number of hydrogen-bond donors (Lipinski definition) is 1. The Hall–Kier alpha value is -2.25. The summed E-state index contributed by atoms with van der Waals surface area (Å²) in [6, 6.07) is 13.7. The van der Waals surface area contributed by atoms with E-state index in [0.29, 0.717) is 6.54 Å². The van der Waals surface area contributed by atoms with Gasteiger partial charge in [0.15, 0.2) is 0 Å². The molecule has 0 saturated carbocycles. The fourth-order valence-corrected chi connectivity index (χ4v) is 3.27. The number of sulfonamides is 1. The SMILES string of the molecule is CCN(C(=O)CCNS(=O)(=O)c1ccc(F)cc1)c1ccccc1. The maximum Gasteiger partial charge on any atom is 0.240 e. The maximum atomic E-state index is 12.9. The van der Waals surface area contributed by atoms with Gasteiger partial charge in [-0.15, -0.1) is 0 Å². The van der Waals surface area contributed by atoms with E-state index in [0.717, 1.165) is 17.8 Å². The van der Waals surface area contributed by atoms with Gasteiger partial charge in [-0.3, -0.25) is 4.79 Å². The molecule has 0 unspecified atom stereocenters. The molecule has 7 heteroatoms. The molecule has 0 bridgehead atoms. The standard InChI is InChI=1S/C17H19FN2O3S/c1-2-20(15-6-4-3-5-7-15)17(21)12-13-19-24(22,23)16-10-8-14(18)9-11-16/h3-11,19H,2,12-13H2,1H3. The van der Waals surface area contributed by atoms with E-state index in [4.69, 9.17) is 0 Å². The van der Waals surface area contributed by atoms with Crippen LogP contribution in [0.2, 0.25) is 0 Å². The molecule has 5 nitrogen and oxygen atoms in total. The average Bonchev–Trinajstić information content (AvgIpc) is 2.57. The second-order valence-corrected chi connectivity index (χ2v) is 6.84. The number of amides is 1. The number of anilines is 1. The van der Waals surface area contributed by atoms with Gasteiger partial charge in [-0.2, -0.15) is 0 Å². The first kappa shape index (κ1) is 18.1. The average molecular weight is 350 g/mol. The largest absolute Gasteiger partial charge is 0.313 e. The number of nitrogens with zero attached hydrogens (tertiary/aromatic N) is 1. The van der Waals surface area contributed by atoms with E-state index in [-0.39, 0.29) is 23.8 Å². The number of hydrogen-bond acceptors (Lipinski definition) is 3. The first-order valence-electron chi connectivity index (χ1n) is 7.54. The van der Waals surface area contributed by atoms with Gasteiger partial charge in [0, 0.05) is 25.2 Å². The summed E-state index contributed by atoms with van der Waals surface area (Å²) in [7, 11) is -3.76. The zero-order chi connectivity index (χ0) is 17.6. The van der Waals surface area contributed by atoms with E-state index >= 15 is 0 Å². The molecule has 2 aromatic carbocycles. The van der Waals surface area contributed by atoms with Gasteiger partial charge in [0.05, 0.1) is 4.90 Å². The number of carbonyl (C=O) groups is 1. The van der Waals surface area contributed by atoms with Gasteiger partial charge in [0.1, 0.15) is 5.82 Å². The van der Waals surface area contributed by atoms with E-state index in [1.807, 2.05) is 37.3 Å². The third kappa shape index (κ3) is 4.62. The van der Waals surface area contributed by atoms with Crippen LogP contribution < -0.4 is 9.62 Å². The lowest BCUT2D eigenvalue weighted by Crippen LogP contribution is -2.34. The molecule has 0 saturated heterocycles. The lowest BCUT2D eigenvalue weighted by atomic mass is 10.2. The van der Waals surface area contributed by atoms with Crippen LogP contribution in [0.3, 0.4) is 0 Å². The second kappa shape index (κ2) is 8.03. The lowest BCUT2D eigenvalue weighted by Gasteiger charge is -2.21. The highest BCUT2D eigenvalue weighted by molar-refractivity contribution is 7.89. The Morgan fingerprint density at radius 3 is 2.29 bits per heavy atom. The number of nitrogens with one attached hydrogen (secondary N) is 1. The van der Waals surface area contributed by atoms with E-state index < -0.39 is 15.8 Å². The molecule has 0 fully saturated rings. The van der Waals surface area contributed by atoms with Crippen LogP contribution >= 0.6 is 0 Å². The molecule has 1 amide bonds. The van der Waals surface area contributed by atoms with Gasteiger partial charge >= 0.3 is 0 Å². The van der Waals surface area contributed by atoms with Crippen LogP contribution in [0.1, 0.15) is 13.3 Å². The van der Waals surface area contributed by atoms with Crippen molar-refractivity contribution >= 4 is 21.6 Å². The summed E-state index contributed by atoms with van der Waals surface area (Å²) in [5.74, 6) is -0.684. The Bertz CT molecular complexity index is 777. The van der Waals surface area contributed by atoms with Crippen molar-refractivity contribution in [2.75, 3.05) is 18.0 Å². The fourth-order valence-electron chi connectivity index (χ4n) is 2.24. The van der Waals surface area contributed by atoms with Gasteiger partial charge in [-0.25, -0.2) is 17.5 Å². The zero-order valence-corrected chi connectivity index (χ0v) is 14.1. The Kier molecular flexibility index (Phi) is 6.05. The van der Waals surface area contributed by atoms with Gasteiger partial charge in [-0.1, -0.05) is 18.2 Å². The number of benzene rings is 2. The predicted octanol–water partition coefficient (Wildman–Crippen LogP) is 2.55. The molecule has 24 heavy (non-hydrogen) atoms. The van der Waals surface area contributed by atoms with Gasteiger partial charge in [-0.05, 0) is 43.3 Å². The summed E-state index contributed by atoms with van der Waals surface area (Å²) < 4.78 is 39.4. The molecule has 0 radical (unpaired) electrons. The molecular formula is C17H19FN2O3S. The highest BCUT2D eigenvalue weighted by Crippen LogP contribution is 2.14. The van der Waals surface area contributed by atoms with Crippen molar-refractivity contribution in [1.82, 2.24) is 4.72 Å². The monoisotopic (exact) mass is 350 g/mol. The summed E-state index contributed by atoms with van der Waals surface area (Å²) in [5, 5.41) is 0. The molecule has 0 aliphatic heterocycles. The Morgan fingerprint density at radius 1 is 1.08 bits per heavy atom. The minimum Gasteiger partial charge on any atom is -0.313 e. The molecule has 0 atom stereocenters. The summed E-state index contributed by atoms with van der Waals surface area (Å²) in [6.45, 7) is 2.32. The van der Waals surface area contributed by atoms with Crippen molar-refractivity contribution in [1.29, 1.82) is 0 Å². The highest BCUT2D eigenvalue weighted by atomic mass is 32.2. The minimum atomic E-state index is -3.76. The number of rotatable bonds is 7. The van der Waals surface area contributed by atoms with Crippen LogP contribution in [0.15, 0.2) is 59.5 Å². The van der Waals surface area contributed by atoms with E-state index in [9.17, 15) is 17.6 Å². The Labute approximate surface area is 141 Å². The van der Waals surface area contributed by atoms with Crippen molar-refractivity contribution in [3.05, 3.63) is 60.4 Å². The van der Waals surface area contributed by atoms with Gasteiger partial charge in [0.25, 0.3) is 0 Å². The summed E-state index contributed by atoms with van der Waals surface area (Å²) in [6.07, 6.45) is 0.0309. The first-order valence-corrected chi connectivity index (χ1v) is 9.03. The Balaban J connectivity index is 1.95. The first-order chi connectivity index (χ1) is 11.4. The Morgan fingerprint density at radius 2 is 1.71 bits per heavy atom. The van der Waals surface area contributed by atoms with Gasteiger partial charge in [0.2, 0.25) is 15.9 Å². The van der Waals surface area contributed by atoms with Crippen LogP contribution in [0, 0.1) is 5.82 Å².